The molecule has 0 amide bonds. The fourth-order valence-corrected chi connectivity index (χ4v) is 1.51. The maximum Gasteiger partial charge on any atom is 0.0507 e. The molecule has 0 aliphatic carbocycles. The van der Waals surface area contributed by atoms with Gasteiger partial charge in [-0.1, -0.05) is 38.7 Å². The Labute approximate surface area is 86.2 Å². The maximum absolute atomic E-state index is 4.39. The second-order valence-electron chi connectivity index (χ2n) is 3.56. The number of rotatable bonds is 3. The minimum Gasteiger partial charge on any atom is -0.260 e. The largest absolute Gasteiger partial charge is 0.260 e. The van der Waals surface area contributed by atoms with E-state index in [0.717, 1.165) is 11.3 Å². The molecule has 1 aromatic heterocycles. The highest BCUT2D eigenvalue weighted by Gasteiger charge is 2.07. The van der Waals surface area contributed by atoms with Gasteiger partial charge < -0.3 is 0 Å². The van der Waals surface area contributed by atoms with Gasteiger partial charge in [0, 0.05) is 11.8 Å². The molecule has 0 aliphatic rings. The van der Waals surface area contributed by atoms with E-state index >= 15 is 0 Å². The van der Waals surface area contributed by atoms with Crippen LogP contribution in [0.2, 0.25) is 0 Å². The molecule has 1 rings (SSSR count). The van der Waals surface area contributed by atoms with Crippen LogP contribution in [0, 0.1) is 0 Å². The lowest BCUT2D eigenvalue weighted by molar-refractivity contribution is 0.819. The molecule has 1 heterocycles. The maximum atomic E-state index is 4.39. The fraction of sp³-hybridized carbons (Fsp3) is 0.308. The average Bonchev–Trinajstić information content (AvgIpc) is 2.18. The van der Waals surface area contributed by atoms with Crippen LogP contribution in [-0.2, 0) is 0 Å². The van der Waals surface area contributed by atoms with Crippen molar-refractivity contribution in [2.45, 2.75) is 26.7 Å². The highest BCUT2D eigenvalue weighted by Crippen LogP contribution is 2.22. The van der Waals surface area contributed by atoms with Gasteiger partial charge in [-0.3, -0.25) is 4.98 Å². The Hall–Kier alpha value is -1.37. The molecule has 0 atom stereocenters. The Bertz CT molecular complexity index is 348. The van der Waals surface area contributed by atoms with Crippen LogP contribution in [0.3, 0.4) is 0 Å². The number of hydrogen-bond donors (Lipinski definition) is 0. The molecule has 0 saturated carbocycles. The molecule has 1 nitrogen and oxygen atoms in total. The Morgan fingerprint density at radius 2 is 2.14 bits per heavy atom. The summed E-state index contributed by atoms with van der Waals surface area (Å²) in [6.45, 7) is 10.2. The van der Waals surface area contributed by atoms with Crippen molar-refractivity contribution in [1.29, 1.82) is 0 Å². The molecule has 1 heteroatoms. The first kappa shape index (κ1) is 10.7. The number of pyridine rings is 1. The number of allylic oxidation sites excluding steroid dienone is 1. The van der Waals surface area contributed by atoms with Crippen molar-refractivity contribution >= 4 is 12.2 Å². The van der Waals surface area contributed by atoms with E-state index in [-0.39, 0.29) is 0 Å². The van der Waals surface area contributed by atoms with E-state index in [0.29, 0.717) is 5.92 Å². The summed E-state index contributed by atoms with van der Waals surface area (Å²) < 4.78 is 0. The fourth-order valence-electron chi connectivity index (χ4n) is 1.51. The predicted molar refractivity (Wildman–Crippen MR) is 63.1 cm³/mol. The monoisotopic (exact) mass is 187 g/mol. The van der Waals surface area contributed by atoms with Gasteiger partial charge >= 0.3 is 0 Å². The van der Waals surface area contributed by atoms with Gasteiger partial charge in [0.15, 0.2) is 0 Å². The summed E-state index contributed by atoms with van der Waals surface area (Å²) in [7, 11) is 0. The van der Waals surface area contributed by atoms with E-state index in [1.165, 1.54) is 5.56 Å². The molecule has 0 spiro atoms. The van der Waals surface area contributed by atoms with Crippen molar-refractivity contribution in [3.8, 4) is 0 Å². The van der Waals surface area contributed by atoms with Gasteiger partial charge in [-0.05, 0) is 24.5 Å². The molecule has 0 fully saturated rings. The van der Waals surface area contributed by atoms with Crippen LogP contribution >= 0.6 is 0 Å². The van der Waals surface area contributed by atoms with Gasteiger partial charge in [-0.2, -0.15) is 0 Å². The van der Waals surface area contributed by atoms with Crippen LogP contribution in [-0.4, -0.2) is 4.98 Å². The van der Waals surface area contributed by atoms with Crippen LogP contribution in [0.15, 0.2) is 24.9 Å². The van der Waals surface area contributed by atoms with Gasteiger partial charge in [0.25, 0.3) is 0 Å². The molecule has 0 unspecified atom stereocenters. The summed E-state index contributed by atoms with van der Waals surface area (Å²) in [6.07, 6.45) is 7.87. The molecule has 14 heavy (non-hydrogen) atoms. The Morgan fingerprint density at radius 1 is 1.43 bits per heavy atom. The standard InChI is InChI=1S/C13H17N/c1-5-7-11-8-9-14-13(10(3)4)12(11)6-2/h5-10H,2H2,1,3-4H3/b7-5-. The van der Waals surface area contributed by atoms with E-state index < -0.39 is 0 Å². The molecule has 0 bridgehead atoms. The first-order valence-corrected chi connectivity index (χ1v) is 4.94. The second-order valence-corrected chi connectivity index (χ2v) is 3.56. The van der Waals surface area contributed by atoms with Gasteiger partial charge in [0.2, 0.25) is 0 Å². The molecule has 0 aromatic carbocycles. The third kappa shape index (κ3) is 2.11. The van der Waals surface area contributed by atoms with Gasteiger partial charge in [-0.15, -0.1) is 0 Å². The van der Waals surface area contributed by atoms with E-state index in [1.807, 2.05) is 31.3 Å². The number of hydrogen-bond acceptors (Lipinski definition) is 1. The highest BCUT2D eigenvalue weighted by molar-refractivity contribution is 5.66. The summed E-state index contributed by atoms with van der Waals surface area (Å²) in [5.74, 6) is 0.438. The predicted octanol–water partition coefficient (Wildman–Crippen LogP) is 3.88. The molecular formula is C13H17N. The molecule has 1 aromatic rings. The van der Waals surface area contributed by atoms with Gasteiger partial charge in [0.05, 0.1) is 5.69 Å². The molecular weight excluding hydrogens is 170 g/mol. The van der Waals surface area contributed by atoms with E-state index in [4.69, 9.17) is 0 Å². The van der Waals surface area contributed by atoms with Crippen molar-refractivity contribution in [2.75, 3.05) is 0 Å². The van der Waals surface area contributed by atoms with Gasteiger partial charge in [0.1, 0.15) is 0 Å². The van der Waals surface area contributed by atoms with Crippen molar-refractivity contribution in [3.05, 3.63) is 41.7 Å². The van der Waals surface area contributed by atoms with Crippen LogP contribution in [0.5, 0.6) is 0 Å². The Balaban J connectivity index is 3.31. The molecule has 74 valence electrons. The van der Waals surface area contributed by atoms with Gasteiger partial charge in [-0.25, -0.2) is 0 Å². The first-order chi connectivity index (χ1) is 6.70. The third-order valence-corrected chi connectivity index (χ3v) is 2.15. The van der Waals surface area contributed by atoms with E-state index in [2.05, 4.69) is 31.5 Å². The molecule has 0 aliphatic heterocycles. The average molecular weight is 187 g/mol. The molecule has 0 saturated heterocycles. The number of aromatic nitrogens is 1. The summed E-state index contributed by atoms with van der Waals surface area (Å²) in [5.41, 5.74) is 3.47. The van der Waals surface area contributed by atoms with Crippen LogP contribution in [0.25, 0.3) is 12.2 Å². The van der Waals surface area contributed by atoms with Crippen molar-refractivity contribution in [1.82, 2.24) is 4.98 Å². The zero-order chi connectivity index (χ0) is 10.6. The normalized spacial score (nSPS) is 11.1. The highest BCUT2D eigenvalue weighted by atomic mass is 14.7. The lowest BCUT2D eigenvalue weighted by Crippen LogP contribution is -1.98. The van der Waals surface area contributed by atoms with Crippen molar-refractivity contribution in [3.63, 3.8) is 0 Å². The summed E-state index contributed by atoms with van der Waals surface area (Å²) >= 11 is 0. The van der Waals surface area contributed by atoms with Crippen molar-refractivity contribution < 1.29 is 0 Å². The summed E-state index contributed by atoms with van der Waals surface area (Å²) in [5, 5.41) is 0. The van der Waals surface area contributed by atoms with Crippen LogP contribution in [0.1, 0.15) is 43.5 Å². The molecule has 0 N–H and O–H groups in total. The minimum atomic E-state index is 0.438. The quantitative estimate of drug-likeness (QED) is 0.699. The SMILES string of the molecule is C=Cc1c(/C=C\C)ccnc1C(C)C. The van der Waals surface area contributed by atoms with E-state index in [1.54, 1.807) is 0 Å². The lowest BCUT2D eigenvalue weighted by Gasteiger charge is -2.10. The topological polar surface area (TPSA) is 12.9 Å². The Morgan fingerprint density at radius 3 is 2.64 bits per heavy atom. The van der Waals surface area contributed by atoms with Crippen LogP contribution < -0.4 is 0 Å². The first-order valence-electron chi connectivity index (χ1n) is 4.94. The lowest BCUT2D eigenvalue weighted by atomic mass is 9.99. The summed E-state index contributed by atoms with van der Waals surface area (Å²) in [6, 6.07) is 2.02. The number of nitrogens with zero attached hydrogens (tertiary/aromatic N) is 1. The Kier molecular flexibility index (Phi) is 3.63. The third-order valence-electron chi connectivity index (χ3n) is 2.15. The zero-order valence-electron chi connectivity index (χ0n) is 9.12. The summed E-state index contributed by atoms with van der Waals surface area (Å²) in [4.78, 5) is 4.39. The smallest absolute Gasteiger partial charge is 0.0507 e. The minimum absolute atomic E-state index is 0.438. The van der Waals surface area contributed by atoms with Crippen LogP contribution in [0.4, 0.5) is 0 Å². The zero-order valence-corrected chi connectivity index (χ0v) is 9.12. The van der Waals surface area contributed by atoms with E-state index in [9.17, 15) is 0 Å². The molecule has 0 radical (unpaired) electrons. The van der Waals surface area contributed by atoms with Crippen molar-refractivity contribution in [2.24, 2.45) is 0 Å². The second kappa shape index (κ2) is 4.75.